The van der Waals surface area contributed by atoms with Crippen LogP contribution in [0.1, 0.15) is 117 Å². The van der Waals surface area contributed by atoms with Crippen LogP contribution < -0.4 is 0 Å². The Kier molecular flexibility index (Phi) is 19.4. The molecule has 0 saturated carbocycles. The molecule has 154 valence electrons. The van der Waals surface area contributed by atoms with Gasteiger partial charge in [-0.05, 0) is 32.1 Å². The highest BCUT2D eigenvalue weighted by Crippen LogP contribution is 2.16. The lowest BCUT2D eigenvalue weighted by atomic mass is 10.0. The number of carbonyl (C=O) groups is 2. The Morgan fingerprint density at radius 1 is 0.769 bits per heavy atom. The molecule has 0 aliphatic carbocycles. The van der Waals surface area contributed by atoms with E-state index in [1.54, 1.807) is 0 Å². The lowest BCUT2D eigenvalue weighted by molar-refractivity contribution is -0.143. The summed E-state index contributed by atoms with van der Waals surface area (Å²) in [6.07, 6.45) is 18.5. The highest BCUT2D eigenvalue weighted by atomic mass is 16.5. The predicted octanol–water partition coefficient (Wildman–Crippen LogP) is 6.35. The molecule has 0 radical (unpaired) electrons. The van der Waals surface area contributed by atoms with Crippen molar-refractivity contribution in [2.45, 2.75) is 123 Å². The molecule has 0 fully saturated rings. The monoisotopic (exact) mass is 370 g/mol. The van der Waals surface area contributed by atoms with E-state index >= 15 is 0 Å². The van der Waals surface area contributed by atoms with E-state index < -0.39 is 0 Å². The fourth-order valence-corrected chi connectivity index (χ4v) is 3.16. The van der Waals surface area contributed by atoms with Crippen LogP contribution in [0.5, 0.6) is 0 Å². The Bertz CT molecular complexity index is 317. The van der Waals surface area contributed by atoms with Gasteiger partial charge in [-0.2, -0.15) is 0 Å². The Morgan fingerprint density at radius 2 is 1.27 bits per heavy atom. The molecule has 0 aliphatic heterocycles. The van der Waals surface area contributed by atoms with Gasteiger partial charge in [-0.15, -0.1) is 0 Å². The third-order valence-electron chi connectivity index (χ3n) is 4.85. The first kappa shape index (κ1) is 24.9. The van der Waals surface area contributed by atoms with Crippen LogP contribution in [-0.2, 0) is 19.1 Å². The van der Waals surface area contributed by atoms with Crippen molar-refractivity contribution in [2.75, 3.05) is 6.61 Å². The third-order valence-corrected chi connectivity index (χ3v) is 4.85. The fourth-order valence-electron chi connectivity index (χ4n) is 3.16. The molecule has 0 rings (SSSR count). The van der Waals surface area contributed by atoms with Gasteiger partial charge in [0.05, 0.1) is 6.61 Å². The van der Waals surface area contributed by atoms with Crippen molar-refractivity contribution in [2.24, 2.45) is 0 Å². The largest absolute Gasteiger partial charge is 0.466 e. The number of hydrogen-bond acceptors (Lipinski definition) is 4. The minimum atomic E-state index is -0.0910. The van der Waals surface area contributed by atoms with E-state index in [0.29, 0.717) is 19.5 Å². The maximum atomic E-state index is 11.0. The van der Waals surface area contributed by atoms with Crippen LogP contribution in [0.25, 0.3) is 0 Å². The zero-order valence-electron chi connectivity index (χ0n) is 17.3. The number of ether oxygens (including phenoxy) is 2. The number of esters is 1. The van der Waals surface area contributed by atoms with Gasteiger partial charge in [0.1, 0.15) is 6.10 Å². The van der Waals surface area contributed by atoms with Crippen molar-refractivity contribution in [3.05, 3.63) is 0 Å². The molecule has 0 saturated heterocycles. The van der Waals surface area contributed by atoms with Crippen molar-refractivity contribution in [3.63, 3.8) is 0 Å². The molecule has 1 unspecified atom stereocenters. The minimum absolute atomic E-state index is 0.0910. The van der Waals surface area contributed by atoms with E-state index in [-0.39, 0.29) is 12.1 Å². The van der Waals surface area contributed by atoms with Gasteiger partial charge < -0.3 is 9.47 Å². The smallest absolute Gasteiger partial charge is 0.305 e. The van der Waals surface area contributed by atoms with E-state index in [1.807, 2.05) is 6.92 Å². The summed E-state index contributed by atoms with van der Waals surface area (Å²) < 4.78 is 10.3. The summed E-state index contributed by atoms with van der Waals surface area (Å²) in [5.74, 6) is -0.0910. The van der Waals surface area contributed by atoms with Gasteiger partial charge in [-0.25, -0.2) is 0 Å². The molecule has 0 bridgehead atoms. The summed E-state index contributed by atoms with van der Waals surface area (Å²) in [5, 5.41) is 0. The first-order chi connectivity index (χ1) is 12.7. The first-order valence-corrected chi connectivity index (χ1v) is 11.0. The molecular weight excluding hydrogens is 328 g/mol. The summed E-state index contributed by atoms with van der Waals surface area (Å²) in [6, 6.07) is 0. The van der Waals surface area contributed by atoms with E-state index in [0.717, 1.165) is 32.1 Å². The Labute approximate surface area is 161 Å². The second kappa shape index (κ2) is 20.3. The Morgan fingerprint density at radius 3 is 1.77 bits per heavy atom. The van der Waals surface area contributed by atoms with Crippen LogP contribution >= 0.6 is 0 Å². The summed E-state index contributed by atoms with van der Waals surface area (Å²) in [6.45, 7) is 5.23. The molecule has 1 atom stereocenters. The lowest BCUT2D eigenvalue weighted by Crippen LogP contribution is -2.12. The lowest BCUT2D eigenvalue weighted by Gasteiger charge is -2.14. The van der Waals surface area contributed by atoms with E-state index in [2.05, 4.69) is 6.92 Å². The molecule has 0 spiro atoms. The van der Waals surface area contributed by atoms with Crippen LogP contribution in [-0.4, -0.2) is 25.2 Å². The quantitative estimate of drug-likeness (QED) is 0.142. The van der Waals surface area contributed by atoms with Crippen molar-refractivity contribution in [1.82, 2.24) is 0 Å². The van der Waals surface area contributed by atoms with Gasteiger partial charge in [0.25, 0.3) is 6.47 Å². The zero-order chi connectivity index (χ0) is 19.3. The summed E-state index contributed by atoms with van der Waals surface area (Å²) in [4.78, 5) is 21.6. The van der Waals surface area contributed by atoms with Crippen LogP contribution in [0.2, 0.25) is 0 Å². The molecule has 0 aromatic carbocycles. The third kappa shape index (κ3) is 17.8. The average Bonchev–Trinajstić information content (AvgIpc) is 2.65. The average molecular weight is 371 g/mol. The topological polar surface area (TPSA) is 52.6 Å². The highest BCUT2D eigenvalue weighted by molar-refractivity contribution is 5.68. The summed E-state index contributed by atoms with van der Waals surface area (Å²) in [5.41, 5.74) is 0. The van der Waals surface area contributed by atoms with Crippen molar-refractivity contribution < 1.29 is 19.1 Å². The van der Waals surface area contributed by atoms with Crippen LogP contribution in [0, 0.1) is 0 Å². The Balaban J connectivity index is 3.36. The second-order valence-electron chi connectivity index (χ2n) is 7.25. The number of unbranched alkanes of at least 4 members (excludes halogenated alkanes) is 11. The van der Waals surface area contributed by atoms with Gasteiger partial charge in [-0.1, -0.05) is 78.1 Å². The van der Waals surface area contributed by atoms with Gasteiger partial charge in [0, 0.05) is 6.42 Å². The van der Waals surface area contributed by atoms with E-state index in [9.17, 15) is 9.59 Å². The molecule has 0 aromatic rings. The summed E-state index contributed by atoms with van der Waals surface area (Å²) in [7, 11) is 0. The van der Waals surface area contributed by atoms with Crippen LogP contribution in [0.4, 0.5) is 0 Å². The summed E-state index contributed by atoms with van der Waals surface area (Å²) >= 11 is 0. The minimum Gasteiger partial charge on any atom is -0.466 e. The maximum absolute atomic E-state index is 11.0. The molecule has 0 N–H and O–H groups in total. The van der Waals surface area contributed by atoms with E-state index in [4.69, 9.17) is 9.47 Å². The van der Waals surface area contributed by atoms with E-state index in [1.165, 1.54) is 64.2 Å². The van der Waals surface area contributed by atoms with Gasteiger partial charge >= 0.3 is 5.97 Å². The maximum Gasteiger partial charge on any atom is 0.305 e. The molecule has 26 heavy (non-hydrogen) atoms. The number of carbonyl (C=O) groups excluding carboxylic acids is 2. The molecular formula is C22H42O4. The van der Waals surface area contributed by atoms with Crippen molar-refractivity contribution >= 4 is 12.4 Å². The second-order valence-corrected chi connectivity index (χ2v) is 7.25. The molecule has 0 heterocycles. The number of rotatable bonds is 20. The molecule has 4 heteroatoms. The zero-order valence-corrected chi connectivity index (χ0v) is 17.3. The molecule has 4 nitrogen and oxygen atoms in total. The molecule has 0 aliphatic rings. The van der Waals surface area contributed by atoms with Crippen molar-refractivity contribution in [3.8, 4) is 0 Å². The van der Waals surface area contributed by atoms with Gasteiger partial charge in [0.15, 0.2) is 0 Å². The molecule has 0 aromatic heterocycles. The predicted molar refractivity (Wildman–Crippen MR) is 107 cm³/mol. The highest BCUT2D eigenvalue weighted by Gasteiger charge is 2.08. The van der Waals surface area contributed by atoms with Crippen LogP contribution in [0.15, 0.2) is 0 Å². The number of hydrogen-bond donors (Lipinski definition) is 0. The first-order valence-electron chi connectivity index (χ1n) is 11.0. The normalized spacial score (nSPS) is 11.9. The van der Waals surface area contributed by atoms with Crippen LogP contribution in [0.3, 0.4) is 0 Å². The van der Waals surface area contributed by atoms with Crippen molar-refractivity contribution in [1.29, 1.82) is 0 Å². The SMILES string of the molecule is CCCCCCC(CCCCCCCCCCCOC(=O)CC)OC=O. The standard InChI is InChI=1S/C22H42O4/c1-3-5-6-14-17-21(26-20-23)18-15-12-10-8-7-9-11-13-16-19-25-22(24)4-2/h20-21H,3-19H2,1-2H3. The van der Waals surface area contributed by atoms with Gasteiger partial charge in [0.2, 0.25) is 0 Å². The molecule has 0 amide bonds. The fraction of sp³-hybridized carbons (Fsp3) is 0.909. The van der Waals surface area contributed by atoms with Gasteiger partial charge in [-0.3, -0.25) is 9.59 Å². The Hall–Kier alpha value is -1.06.